The minimum atomic E-state index is 0.250. The Balaban J connectivity index is 1.33. The van der Waals surface area contributed by atoms with Gasteiger partial charge in [-0.15, -0.1) is 0 Å². The summed E-state index contributed by atoms with van der Waals surface area (Å²) in [5, 5.41) is 7.29. The molecule has 0 spiro atoms. The molecule has 6 aromatic carbocycles. The summed E-state index contributed by atoms with van der Waals surface area (Å²) in [6, 6.07) is 51.5. The van der Waals surface area contributed by atoms with E-state index in [1.165, 1.54) is 66.7 Å². The molecule has 0 bridgehead atoms. The second kappa shape index (κ2) is 10.4. The first kappa shape index (κ1) is 26.6. The number of aromatic nitrogens is 1. The lowest BCUT2D eigenvalue weighted by atomic mass is 9.98. The molecule has 0 aliphatic carbocycles. The van der Waals surface area contributed by atoms with Crippen molar-refractivity contribution in [1.82, 2.24) is 14.8 Å². The van der Waals surface area contributed by atoms with Gasteiger partial charge < -0.3 is 19.7 Å². The number of hydrogen-bond acceptors (Lipinski definition) is 3. The highest BCUT2D eigenvalue weighted by Crippen LogP contribution is 2.54. The first-order valence-corrected chi connectivity index (χ1v) is 16.0. The number of allylic oxidation sites excluding steroid dienone is 1. The van der Waals surface area contributed by atoms with Crippen molar-refractivity contribution in [1.29, 1.82) is 0 Å². The maximum Gasteiger partial charge on any atom is 0.0707 e. The van der Waals surface area contributed by atoms with Crippen LogP contribution in [0.4, 0.5) is 17.1 Å². The van der Waals surface area contributed by atoms with E-state index in [9.17, 15) is 0 Å². The molecule has 0 fully saturated rings. The van der Waals surface area contributed by atoms with E-state index in [1.807, 2.05) is 0 Å². The van der Waals surface area contributed by atoms with Crippen molar-refractivity contribution in [2.75, 3.05) is 18.5 Å². The number of fused-ring (bicyclic) bond motifs is 8. The van der Waals surface area contributed by atoms with Gasteiger partial charge >= 0.3 is 0 Å². The van der Waals surface area contributed by atoms with Gasteiger partial charge in [-0.05, 0) is 65.7 Å². The second-order valence-electron chi connectivity index (χ2n) is 12.4. The molecule has 2 aliphatic rings. The molecular formula is C42H34N4. The Morgan fingerprint density at radius 2 is 1.35 bits per heavy atom. The molecule has 46 heavy (non-hydrogen) atoms. The average Bonchev–Trinajstić information content (AvgIpc) is 3.37. The predicted molar refractivity (Wildman–Crippen MR) is 192 cm³/mol. The minimum Gasteiger partial charge on any atom is -0.385 e. The van der Waals surface area contributed by atoms with Crippen LogP contribution in [-0.4, -0.2) is 23.1 Å². The van der Waals surface area contributed by atoms with Gasteiger partial charge in [-0.2, -0.15) is 0 Å². The van der Waals surface area contributed by atoms with E-state index >= 15 is 0 Å². The van der Waals surface area contributed by atoms with Gasteiger partial charge in [0, 0.05) is 58.9 Å². The van der Waals surface area contributed by atoms with Crippen LogP contribution in [0.5, 0.6) is 0 Å². The number of hydrogen-bond donors (Lipinski definition) is 1. The minimum absolute atomic E-state index is 0.250. The summed E-state index contributed by atoms with van der Waals surface area (Å²) in [6.45, 7) is 3.00. The van der Waals surface area contributed by atoms with Crippen LogP contribution in [0.25, 0.3) is 49.7 Å². The topological polar surface area (TPSA) is 23.4 Å². The Kier molecular flexibility index (Phi) is 6.04. The Hall–Kier alpha value is -5.74. The SMILES string of the molecule is CC1=CN(C)C(c2cccc(N3c4ccccc4-c4c(n(-c5ccc6ccccc6c5)c5ccccc45)-c4ccccc43)c2)CN1. The fourth-order valence-corrected chi connectivity index (χ4v) is 7.58. The molecule has 1 unspecified atom stereocenters. The van der Waals surface area contributed by atoms with E-state index in [2.05, 4.69) is 179 Å². The van der Waals surface area contributed by atoms with Crippen LogP contribution < -0.4 is 10.2 Å². The van der Waals surface area contributed by atoms with Crippen LogP contribution in [0.3, 0.4) is 0 Å². The molecular weight excluding hydrogens is 560 g/mol. The normalized spacial score (nSPS) is 15.5. The Bertz CT molecular complexity index is 2330. The third kappa shape index (κ3) is 4.07. The van der Waals surface area contributed by atoms with E-state index in [4.69, 9.17) is 0 Å². The van der Waals surface area contributed by atoms with Gasteiger partial charge in [0.2, 0.25) is 0 Å². The van der Waals surface area contributed by atoms with Gasteiger partial charge in [0.05, 0.1) is 28.6 Å². The largest absolute Gasteiger partial charge is 0.385 e. The number of likely N-dealkylation sites (N-methyl/N-ethyl adjacent to an activating group) is 1. The summed E-state index contributed by atoms with van der Waals surface area (Å²) >= 11 is 0. The number of anilines is 3. The lowest BCUT2D eigenvalue weighted by molar-refractivity contribution is 0.305. The molecule has 0 amide bonds. The smallest absolute Gasteiger partial charge is 0.0707 e. The van der Waals surface area contributed by atoms with Gasteiger partial charge in [-0.25, -0.2) is 0 Å². The predicted octanol–water partition coefficient (Wildman–Crippen LogP) is 10.3. The number of nitrogens with one attached hydrogen (secondary N) is 1. The highest BCUT2D eigenvalue weighted by molar-refractivity contribution is 6.13. The Morgan fingerprint density at radius 1 is 0.630 bits per heavy atom. The number of para-hydroxylation sites is 3. The molecule has 2 aliphatic heterocycles. The summed E-state index contributed by atoms with van der Waals surface area (Å²) in [6.07, 6.45) is 2.20. The quantitative estimate of drug-likeness (QED) is 0.220. The molecule has 1 aromatic heterocycles. The third-order valence-electron chi connectivity index (χ3n) is 9.66. The third-order valence-corrected chi connectivity index (χ3v) is 9.66. The van der Waals surface area contributed by atoms with Crippen molar-refractivity contribution in [3.8, 4) is 28.1 Å². The average molecular weight is 595 g/mol. The first-order chi connectivity index (χ1) is 22.7. The zero-order valence-corrected chi connectivity index (χ0v) is 26.0. The van der Waals surface area contributed by atoms with Crippen molar-refractivity contribution in [2.24, 2.45) is 0 Å². The maximum atomic E-state index is 3.56. The molecule has 0 saturated carbocycles. The summed E-state index contributed by atoms with van der Waals surface area (Å²) in [7, 11) is 2.17. The fourth-order valence-electron chi connectivity index (χ4n) is 7.58. The second-order valence-corrected chi connectivity index (χ2v) is 12.4. The van der Waals surface area contributed by atoms with E-state index < -0.39 is 0 Å². The molecule has 222 valence electrons. The zero-order valence-electron chi connectivity index (χ0n) is 26.0. The fraction of sp³-hybridized carbons (Fsp3) is 0.0952. The Morgan fingerprint density at radius 3 is 2.20 bits per heavy atom. The van der Waals surface area contributed by atoms with Crippen molar-refractivity contribution in [2.45, 2.75) is 13.0 Å². The molecule has 1 atom stereocenters. The number of benzene rings is 6. The lowest BCUT2D eigenvalue weighted by Gasteiger charge is -2.34. The van der Waals surface area contributed by atoms with Gasteiger partial charge in [-0.3, -0.25) is 0 Å². The van der Waals surface area contributed by atoms with Crippen LogP contribution in [0.2, 0.25) is 0 Å². The highest BCUT2D eigenvalue weighted by atomic mass is 15.2. The van der Waals surface area contributed by atoms with Crippen LogP contribution in [0, 0.1) is 0 Å². The molecule has 0 saturated heterocycles. The van der Waals surface area contributed by atoms with Crippen LogP contribution >= 0.6 is 0 Å². The molecule has 3 heterocycles. The van der Waals surface area contributed by atoms with Crippen molar-refractivity contribution < 1.29 is 0 Å². The van der Waals surface area contributed by atoms with Gasteiger partial charge in [-0.1, -0.05) is 97.1 Å². The number of nitrogens with zero attached hydrogens (tertiary/aromatic N) is 3. The van der Waals surface area contributed by atoms with Crippen LogP contribution in [-0.2, 0) is 0 Å². The molecule has 4 nitrogen and oxygen atoms in total. The molecule has 0 radical (unpaired) electrons. The van der Waals surface area contributed by atoms with E-state index in [0.29, 0.717) is 0 Å². The summed E-state index contributed by atoms with van der Waals surface area (Å²) in [5.41, 5.74) is 13.3. The van der Waals surface area contributed by atoms with Crippen molar-refractivity contribution in [3.05, 3.63) is 157 Å². The van der Waals surface area contributed by atoms with E-state index in [-0.39, 0.29) is 6.04 Å². The van der Waals surface area contributed by atoms with Crippen LogP contribution in [0.15, 0.2) is 151 Å². The lowest BCUT2D eigenvalue weighted by Crippen LogP contribution is -2.35. The zero-order chi connectivity index (χ0) is 30.8. The van der Waals surface area contributed by atoms with Gasteiger partial charge in [0.1, 0.15) is 0 Å². The van der Waals surface area contributed by atoms with Gasteiger partial charge in [0.25, 0.3) is 0 Å². The van der Waals surface area contributed by atoms with Gasteiger partial charge in [0.15, 0.2) is 0 Å². The van der Waals surface area contributed by atoms with E-state index in [1.54, 1.807) is 0 Å². The summed E-state index contributed by atoms with van der Waals surface area (Å²) in [4.78, 5) is 4.79. The molecule has 1 N–H and O–H groups in total. The number of rotatable bonds is 3. The molecule has 4 heteroatoms. The Labute approximate surface area is 269 Å². The molecule has 7 aromatic rings. The van der Waals surface area contributed by atoms with Crippen LogP contribution in [0.1, 0.15) is 18.5 Å². The highest BCUT2D eigenvalue weighted by Gasteiger charge is 2.31. The van der Waals surface area contributed by atoms with E-state index in [0.717, 1.165) is 17.9 Å². The summed E-state index contributed by atoms with van der Waals surface area (Å²) < 4.78 is 2.48. The summed E-state index contributed by atoms with van der Waals surface area (Å²) in [5.74, 6) is 0. The monoisotopic (exact) mass is 594 g/mol. The standard InChI is InChI=1S/C42H34N4/c1-28-27-44(2)40(26-43-28)31-14-11-15-32(25-31)45-37-19-8-5-16-34(37)41-35-17-6-9-20-38(35)46(42(41)36-18-7-10-21-39(36)45)33-23-22-29-12-3-4-13-30(29)24-33/h3-25,27,40,43H,26H2,1-2H3. The maximum absolute atomic E-state index is 3.56. The molecule has 9 rings (SSSR count). The van der Waals surface area contributed by atoms with Crippen molar-refractivity contribution >= 4 is 38.7 Å². The first-order valence-electron chi connectivity index (χ1n) is 16.0. The van der Waals surface area contributed by atoms with Crippen molar-refractivity contribution in [3.63, 3.8) is 0 Å².